The Kier molecular flexibility index (Phi) is 27.5. The Morgan fingerprint density at radius 2 is 1.08 bits per heavy atom. The van der Waals surface area contributed by atoms with Crippen molar-refractivity contribution in [1.29, 1.82) is 0 Å². The van der Waals surface area contributed by atoms with E-state index in [0.717, 1.165) is 32.1 Å². The Morgan fingerprint density at radius 3 is 1.61 bits per heavy atom. The number of carbonyl (C=O) groups excluding carboxylic acids is 1. The maximum atomic E-state index is 12.2. The fourth-order valence-corrected chi connectivity index (χ4v) is 4.48. The highest BCUT2D eigenvalue weighted by Crippen LogP contribution is 2.13. The van der Waals surface area contributed by atoms with Gasteiger partial charge in [0.25, 0.3) is 0 Å². The van der Waals surface area contributed by atoms with Gasteiger partial charge in [0, 0.05) is 6.42 Å². The van der Waals surface area contributed by atoms with Crippen molar-refractivity contribution in [3.63, 3.8) is 0 Å². The van der Waals surface area contributed by atoms with Gasteiger partial charge in [-0.1, -0.05) is 141 Å². The van der Waals surface area contributed by atoms with Crippen LogP contribution in [0.4, 0.5) is 0 Å². The number of aliphatic hydroxyl groups is 2. The number of rotatable bonds is 27. The lowest BCUT2D eigenvalue weighted by atomic mass is 10.0. The number of hydrogen-bond donors (Lipinski definition) is 3. The highest BCUT2D eigenvalue weighted by atomic mass is 16.3. The molecule has 0 bridgehead atoms. The molecule has 0 heterocycles. The molecular formula is C32H61NO3. The molecule has 0 saturated carbocycles. The van der Waals surface area contributed by atoms with Gasteiger partial charge in [-0.25, -0.2) is 0 Å². The van der Waals surface area contributed by atoms with E-state index in [1.807, 2.05) is 6.08 Å². The summed E-state index contributed by atoms with van der Waals surface area (Å²) in [5.74, 6) is -0.0774. The van der Waals surface area contributed by atoms with E-state index in [1.165, 1.54) is 103 Å². The van der Waals surface area contributed by atoms with Crippen molar-refractivity contribution in [1.82, 2.24) is 5.32 Å². The molecule has 0 aromatic heterocycles. The first-order valence-electron chi connectivity index (χ1n) is 15.6. The molecule has 0 aromatic carbocycles. The van der Waals surface area contributed by atoms with Gasteiger partial charge in [-0.3, -0.25) is 4.79 Å². The van der Waals surface area contributed by atoms with Crippen LogP contribution in [0, 0.1) is 0 Å². The van der Waals surface area contributed by atoms with Gasteiger partial charge in [-0.05, 0) is 32.1 Å². The largest absolute Gasteiger partial charge is 0.394 e. The third-order valence-corrected chi connectivity index (χ3v) is 6.94. The standard InChI is InChI=1S/C32H61NO3/c1-3-5-7-9-11-13-15-16-17-18-20-22-24-26-28-32(36)33-30(29-34)31(35)27-25-23-21-19-14-12-10-8-6-4-2/h14,19,25,27,30-31,34-35H,3-13,15-18,20-24,26,28-29H2,1-2H3,(H,33,36)/b19-14+,27-25+/t30-,31+/m0/s1. The third kappa shape index (κ3) is 24.6. The van der Waals surface area contributed by atoms with Gasteiger partial charge in [-0.2, -0.15) is 0 Å². The first kappa shape index (κ1) is 34.9. The number of aliphatic hydroxyl groups excluding tert-OH is 2. The van der Waals surface area contributed by atoms with Gasteiger partial charge in [0.1, 0.15) is 0 Å². The van der Waals surface area contributed by atoms with Crippen LogP contribution >= 0.6 is 0 Å². The smallest absolute Gasteiger partial charge is 0.220 e. The topological polar surface area (TPSA) is 69.6 Å². The van der Waals surface area contributed by atoms with Crippen molar-refractivity contribution in [3.05, 3.63) is 24.3 Å². The van der Waals surface area contributed by atoms with Crippen LogP contribution in [0.3, 0.4) is 0 Å². The van der Waals surface area contributed by atoms with Crippen molar-refractivity contribution in [2.24, 2.45) is 0 Å². The number of unbranched alkanes of at least 4 members (excludes halogenated alkanes) is 18. The molecule has 0 saturated heterocycles. The fourth-order valence-electron chi connectivity index (χ4n) is 4.48. The molecule has 0 fully saturated rings. The Morgan fingerprint density at radius 1 is 0.639 bits per heavy atom. The van der Waals surface area contributed by atoms with Crippen LogP contribution in [0.25, 0.3) is 0 Å². The predicted octanol–water partition coefficient (Wildman–Crippen LogP) is 8.56. The van der Waals surface area contributed by atoms with Crippen molar-refractivity contribution < 1.29 is 15.0 Å². The quantitative estimate of drug-likeness (QED) is 0.0770. The molecule has 36 heavy (non-hydrogen) atoms. The van der Waals surface area contributed by atoms with Gasteiger partial charge >= 0.3 is 0 Å². The summed E-state index contributed by atoms with van der Waals surface area (Å²) in [4.78, 5) is 12.2. The molecule has 212 valence electrons. The molecule has 0 spiro atoms. The summed E-state index contributed by atoms with van der Waals surface area (Å²) >= 11 is 0. The Hall–Kier alpha value is -1.13. The molecule has 3 N–H and O–H groups in total. The minimum absolute atomic E-state index is 0.0774. The predicted molar refractivity (Wildman–Crippen MR) is 156 cm³/mol. The molecule has 0 rings (SSSR count). The first-order chi connectivity index (χ1) is 17.7. The lowest BCUT2D eigenvalue weighted by Crippen LogP contribution is -2.45. The van der Waals surface area contributed by atoms with Crippen molar-refractivity contribution >= 4 is 5.91 Å². The molecular weight excluding hydrogens is 446 g/mol. The van der Waals surface area contributed by atoms with Crippen LogP contribution in [-0.2, 0) is 4.79 Å². The van der Waals surface area contributed by atoms with Crippen LogP contribution < -0.4 is 5.32 Å². The van der Waals surface area contributed by atoms with Gasteiger partial charge in [0.15, 0.2) is 0 Å². The third-order valence-electron chi connectivity index (χ3n) is 6.94. The molecule has 2 atom stereocenters. The van der Waals surface area contributed by atoms with E-state index in [0.29, 0.717) is 6.42 Å². The minimum atomic E-state index is -0.853. The molecule has 0 radical (unpaired) electrons. The maximum Gasteiger partial charge on any atom is 0.220 e. The van der Waals surface area contributed by atoms with Crippen molar-refractivity contribution in [2.75, 3.05) is 6.61 Å². The van der Waals surface area contributed by atoms with E-state index in [4.69, 9.17) is 0 Å². The summed E-state index contributed by atoms with van der Waals surface area (Å²) in [6.45, 7) is 4.24. The summed E-state index contributed by atoms with van der Waals surface area (Å²) in [5.41, 5.74) is 0. The number of allylic oxidation sites excluding steroid dienone is 3. The molecule has 0 aliphatic rings. The van der Waals surface area contributed by atoms with Crippen LogP contribution in [0.2, 0.25) is 0 Å². The van der Waals surface area contributed by atoms with Crippen LogP contribution in [-0.4, -0.2) is 34.9 Å². The van der Waals surface area contributed by atoms with Gasteiger partial charge in [0.2, 0.25) is 5.91 Å². The van der Waals surface area contributed by atoms with Gasteiger partial charge in [0.05, 0.1) is 18.8 Å². The number of carbonyl (C=O) groups is 1. The highest BCUT2D eigenvalue weighted by molar-refractivity contribution is 5.76. The van der Waals surface area contributed by atoms with E-state index in [-0.39, 0.29) is 12.5 Å². The maximum absolute atomic E-state index is 12.2. The monoisotopic (exact) mass is 507 g/mol. The lowest BCUT2D eigenvalue weighted by molar-refractivity contribution is -0.123. The summed E-state index contributed by atoms with van der Waals surface area (Å²) in [7, 11) is 0. The molecule has 0 aromatic rings. The van der Waals surface area contributed by atoms with Crippen molar-refractivity contribution in [3.8, 4) is 0 Å². The van der Waals surface area contributed by atoms with Crippen molar-refractivity contribution in [2.45, 2.75) is 167 Å². The molecule has 0 unspecified atom stereocenters. The fraction of sp³-hybridized carbons (Fsp3) is 0.844. The Balaban J connectivity index is 3.68. The van der Waals surface area contributed by atoms with E-state index in [2.05, 4.69) is 31.3 Å². The number of amides is 1. The number of nitrogens with one attached hydrogen (secondary N) is 1. The zero-order valence-corrected chi connectivity index (χ0v) is 24.0. The minimum Gasteiger partial charge on any atom is -0.394 e. The average molecular weight is 508 g/mol. The van der Waals surface area contributed by atoms with Crippen LogP contribution in [0.15, 0.2) is 24.3 Å². The summed E-state index contributed by atoms with van der Waals surface area (Å²) in [6, 6.07) is -0.630. The molecule has 4 nitrogen and oxygen atoms in total. The first-order valence-corrected chi connectivity index (χ1v) is 15.6. The van der Waals surface area contributed by atoms with Crippen LogP contribution in [0.1, 0.15) is 155 Å². The number of hydrogen-bond acceptors (Lipinski definition) is 3. The second-order valence-electron chi connectivity index (χ2n) is 10.5. The van der Waals surface area contributed by atoms with Crippen LogP contribution in [0.5, 0.6) is 0 Å². The molecule has 4 heteroatoms. The molecule has 1 amide bonds. The molecule has 0 aliphatic carbocycles. The highest BCUT2D eigenvalue weighted by Gasteiger charge is 2.17. The SMILES string of the molecule is CCCCCC/C=C/CC/C=C/[C@@H](O)[C@H](CO)NC(=O)CCCCCCCCCCCCCCCC. The van der Waals surface area contributed by atoms with Gasteiger partial charge in [-0.15, -0.1) is 0 Å². The second kappa shape index (κ2) is 28.4. The summed E-state index contributed by atoms with van der Waals surface area (Å²) < 4.78 is 0. The zero-order valence-electron chi connectivity index (χ0n) is 24.0. The summed E-state index contributed by atoms with van der Waals surface area (Å²) in [6.07, 6.45) is 33.9. The van der Waals surface area contributed by atoms with E-state index in [1.54, 1.807) is 6.08 Å². The second-order valence-corrected chi connectivity index (χ2v) is 10.5. The van der Waals surface area contributed by atoms with E-state index in [9.17, 15) is 15.0 Å². The Labute approximate surface area is 224 Å². The average Bonchev–Trinajstić information content (AvgIpc) is 2.88. The normalized spacial score (nSPS) is 13.6. The molecule has 0 aliphatic heterocycles. The van der Waals surface area contributed by atoms with Gasteiger partial charge < -0.3 is 15.5 Å². The Bertz CT molecular complexity index is 518. The lowest BCUT2D eigenvalue weighted by Gasteiger charge is -2.19. The summed E-state index contributed by atoms with van der Waals surface area (Å²) in [5, 5.41) is 22.7. The zero-order chi connectivity index (χ0) is 26.5. The van der Waals surface area contributed by atoms with E-state index >= 15 is 0 Å². The van der Waals surface area contributed by atoms with E-state index < -0.39 is 12.1 Å².